The maximum Gasteiger partial charge on any atom is 0.313 e. The summed E-state index contributed by atoms with van der Waals surface area (Å²) in [5.74, 6) is -0.846. The summed E-state index contributed by atoms with van der Waals surface area (Å²) in [7, 11) is 1.65. The maximum absolute atomic E-state index is 10.4. The van der Waals surface area contributed by atoms with Crippen molar-refractivity contribution in [2.24, 2.45) is 0 Å². The number of carboxylic acids is 1. The number of carbonyl (C=O) groups is 1. The Hall–Kier alpha value is -0.900. The van der Waals surface area contributed by atoms with Crippen LogP contribution in [0, 0.1) is 0 Å². The molecule has 0 amide bonds. The van der Waals surface area contributed by atoms with E-state index in [0.29, 0.717) is 17.6 Å². The number of carboxylic acid groups (broad SMARTS) is 1. The zero-order valence-electron chi connectivity index (χ0n) is 11.3. The van der Waals surface area contributed by atoms with Crippen LogP contribution >= 0.6 is 23.1 Å². The number of rotatable bonds is 12. The highest BCUT2D eigenvalue weighted by Gasteiger charge is 2.06. The predicted octanol–water partition coefficient (Wildman–Crippen LogP) is 1.57. The molecule has 0 atom stereocenters. The van der Waals surface area contributed by atoms with Crippen LogP contribution in [0.4, 0.5) is 5.13 Å². The van der Waals surface area contributed by atoms with Gasteiger partial charge in [0, 0.05) is 20.3 Å². The second-order valence-electron chi connectivity index (χ2n) is 3.79. The van der Waals surface area contributed by atoms with Crippen LogP contribution in [0.25, 0.3) is 0 Å². The average Bonchev–Trinajstić information content (AvgIpc) is 2.87. The first-order valence-corrected chi connectivity index (χ1v) is 8.01. The van der Waals surface area contributed by atoms with Crippen LogP contribution < -0.4 is 5.32 Å². The van der Waals surface area contributed by atoms with Gasteiger partial charge in [0.15, 0.2) is 4.34 Å². The standard InChI is InChI=1S/C11H19N3O4S2/c1-17-6-7-18-5-3-2-4-12-10-13-14-11(20-10)19-8-9(15)16/h2-8H2,1H3,(H,12,13)(H,15,16). The van der Waals surface area contributed by atoms with E-state index in [2.05, 4.69) is 15.5 Å². The molecule has 0 saturated heterocycles. The molecule has 0 spiro atoms. The van der Waals surface area contributed by atoms with Gasteiger partial charge in [0.25, 0.3) is 0 Å². The fraction of sp³-hybridized carbons (Fsp3) is 0.727. The molecule has 114 valence electrons. The highest BCUT2D eigenvalue weighted by Crippen LogP contribution is 2.25. The molecule has 0 bridgehead atoms. The number of aliphatic carboxylic acids is 1. The zero-order chi connectivity index (χ0) is 14.6. The van der Waals surface area contributed by atoms with Crippen LogP contribution in [-0.2, 0) is 14.3 Å². The third kappa shape index (κ3) is 8.31. The van der Waals surface area contributed by atoms with E-state index >= 15 is 0 Å². The molecular weight excluding hydrogens is 302 g/mol. The van der Waals surface area contributed by atoms with E-state index in [1.807, 2.05) is 0 Å². The summed E-state index contributed by atoms with van der Waals surface area (Å²) in [5.41, 5.74) is 0. The lowest BCUT2D eigenvalue weighted by atomic mass is 10.3. The Morgan fingerprint density at radius 1 is 1.35 bits per heavy atom. The van der Waals surface area contributed by atoms with Crippen LogP contribution in [-0.4, -0.2) is 60.5 Å². The molecule has 0 aliphatic rings. The van der Waals surface area contributed by atoms with E-state index in [1.165, 1.54) is 23.1 Å². The van der Waals surface area contributed by atoms with Gasteiger partial charge >= 0.3 is 5.97 Å². The number of aromatic nitrogens is 2. The number of unbranched alkanes of at least 4 members (excludes halogenated alkanes) is 1. The molecule has 20 heavy (non-hydrogen) atoms. The van der Waals surface area contributed by atoms with Crippen molar-refractivity contribution in [3.63, 3.8) is 0 Å². The van der Waals surface area contributed by atoms with E-state index in [0.717, 1.165) is 31.1 Å². The number of ether oxygens (including phenoxy) is 2. The molecule has 0 fully saturated rings. The molecule has 1 aromatic heterocycles. The molecule has 0 unspecified atom stereocenters. The minimum absolute atomic E-state index is 0.00739. The first kappa shape index (κ1) is 17.2. The lowest BCUT2D eigenvalue weighted by Gasteiger charge is -2.03. The molecule has 2 N–H and O–H groups in total. The first-order chi connectivity index (χ1) is 9.72. The van der Waals surface area contributed by atoms with Gasteiger partial charge in [-0.2, -0.15) is 0 Å². The number of methoxy groups -OCH3 is 1. The summed E-state index contributed by atoms with van der Waals surface area (Å²) in [5, 5.41) is 20.3. The van der Waals surface area contributed by atoms with Crippen LogP contribution in [0.2, 0.25) is 0 Å². The molecule has 0 aromatic carbocycles. The van der Waals surface area contributed by atoms with Crippen molar-refractivity contribution in [1.29, 1.82) is 0 Å². The second-order valence-corrected chi connectivity index (χ2v) is 5.99. The molecule has 1 aromatic rings. The number of thioether (sulfide) groups is 1. The highest BCUT2D eigenvalue weighted by molar-refractivity contribution is 8.01. The normalized spacial score (nSPS) is 10.7. The smallest absolute Gasteiger partial charge is 0.313 e. The average molecular weight is 321 g/mol. The topological polar surface area (TPSA) is 93.6 Å². The lowest BCUT2D eigenvalue weighted by Crippen LogP contribution is -2.06. The molecule has 1 rings (SSSR count). The fourth-order valence-electron chi connectivity index (χ4n) is 1.23. The molecule has 0 saturated carbocycles. The summed E-state index contributed by atoms with van der Waals surface area (Å²) < 4.78 is 10.9. The van der Waals surface area contributed by atoms with Crippen molar-refractivity contribution in [3.05, 3.63) is 0 Å². The largest absolute Gasteiger partial charge is 0.481 e. The molecule has 0 radical (unpaired) electrons. The van der Waals surface area contributed by atoms with Crippen LogP contribution in [0.1, 0.15) is 12.8 Å². The van der Waals surface area contributed by atoms with Crippen molar-refractivity contribution in [2.75, 3.05) is 44.5 Å². The van der Waals surface area contributed by atoms with E-state index in [4.69, 9.17) is 14.6 Å². The van der Waals surface area contributed by atoms with E-state index in [1.54, 1.807) is 7.11 Å². The summed E-state index contributed by atoms with van der Waals surface area (Å²) in [6, 6.07) is 0. The maximum atomic E-state index is 10.4. The van der Waals surface area contributed by atoms with Gasteiger partial charge in [0.2, 0.25) is 5.13 Å². The van der Waals surface area contributed by atoms with Gasteiger partial charge in [-0.05, 0) is 12.8 Å². The van der Waals surface area contributed by atoms with Gasteiger partial charge in [-0.1, -0.05) is 23.1 Å². The van der Waals surface area contributed by atoms with E-state index in [9.17, 15) is 4.79 Å². The van der Waals surface area contributed by atoms with Gasteiger partial charge in [-0.25, -0.2) is 0 Å². The predicted molar refractivity (Wildman–Crippen MR) is 78.7 cm³/mol. The minimum atomic E-state index is -0.854. The first-order valence-electron chi connectivity index (χ1n) is 6.21. The Bertz CT molecular complexity index is 390. The Morgan fingerprint density at radius 2 is 2.20 bits per heavy atom. The summed E-state index contributed by atoms with van der Waals surface area (Å²) in [6.07, 6.45) is 1.94. The van der Waals surface area contributed by atoms with E-state index < -0.39 is 5.97 Å². The Labute approximate surface area is 126 Å². The molecular formula is C11H19N3O4S2. The quantitative estimate of drug-likeness (QED) is 0.442. The third-order valence-corrected chi connectivity index (χ3v) is 4.15. The molecule has 0 aliphatic heterocycles. The summed E-state index contributed by atoms with van der Waals surface area (Å²) >= 11 is 2.55. The van der Waals surface area contributed by atoms with Gasteiger partial charge < -0.3 is 19.9 Å². The number of nitrogens with zero attached hydrogens (tertiary/aromatic N) is 2. The van der Waals surface area contributed by atoms with Gasteiger partial charge in [-0.15, -0.1) is 10.2 Å². The molecule has 1 heterocycles. The van der Waals surface area contributed by atoms with Gasteiger partial charge in [0.05, 0.1) is 19.0 Å². The minimum Gasteiger partial charge on any atom is -0.481 e. The Balaban J connectivity index is 2.03. The SMILES string of the molecule is COCCOCCCCNc1nnc(SCC(=O)O)s1. The van der Waals surface area contributed by atoms with Crippen molar-refractivity contribution in [3.8, 4) is 0 Å². The number of hydrogen-bond donors (Lipinski definition) is 2. The fourth-order valence-corrected chi connectivity index (χ4v) is 2.73. The van der Waals surface area contributed by atoms with Crippen molar-refractivity contribution in [2.45, 2.75) is 17.2 Å². The molecule has 9 heteroatoms. The van der Waals surface area contributed by atoms with Crippen LogP contribution in [0.5, 0.6) is 0 Å². The Morgan fingerprint density at radius 3 is 2.95 bits per heavy atom. The third-order valence-electron chi connectivity index (χ3n) is 2.15. The molecule has 7 nitrogen and oxygen atoms in total. The van der Waals surface area contributed by atoms with Crippen LogP contribution in [0.15, 0.2) is 4.34 Å². The Kier molecular flexibility index (Phi) is 9.29. The van der Waals surface area contributed by atoms with Crippen molar-refractivity contribution >= 4 is 34.2 Å². The van der Waals surface area contributed by atoms with Crippen LogP contribution in [0.3, 0.4) is 0 Å². The summed E-state index contributed by atoms with van der Waals surface area (Å²) in [6.45, 7) is 2.77. The second kappa shape index (κ2) is 10.8. The lowest BCUT2D eigenvalue weighted by molar-refractivity contribution is -0.133. The van der Waals surface area contributed by atoms with Crippen molar-refractivity contribution < 1.29 is 19.4 Å². The summed E-state index contributed by atoms with van der Waals surface area (Å²) in [4.78, 5) is 10.4. The highest BCUT2D eigenvalue weighted by atomic mass is 32.2. The number of hydrogen-bond acceptors (Lipinski definition) is 8. The van der Waals surface area contributed by atoms with E-state index in [-0.39, 0.29) is 5.75 Å². The van der Waals surface area contributed by atoms with Crippen molar-refractivity contribution in [1.82, 2.24) is 10.2 Å². The monoisotopic (exact) mass is 321 g/mol. The van der Waals surface area contributed by atoms with Gasteiger partial charge in [0.1, 0.15) is 0 Å². The zero-order valence-corrected chi connectivity index (χ0v) is 13.0. The van der Waals surface area contributed by atoms with Gasteiger partial charge in [-0.3, -0.25) is 4.79 Å². The molecule has 0 aliphatic carbocycles. The number of anilines is 1. The number of nitrogens with one attached hydrogen (secondary N) is 1.